The quantitative estimate of drug-likeness (QED) is 0.0702. The zero-order valence-electron chi connectivity index (χ0n) is 36.3. The zero-order chi connectivity index (χ0) is 46.2. The van der Waals surface area contributed by atoms with Gasteiger partial charge >= 0.3 is 24.1 Å². The van der Waals surface area contributed by atoms with Gasteiger partial charge in [0.15, 0.2) is 0 Å². The van der Waals surface area contributed by atoms with Crippen molar-refractivity contribution in [3.05, 3.63) is 107 Å². The van der Waals surface area contributed by atoms with Crippen molar-refractivity contribution < 1.29 is 52.6 Å². The Balaban J connectivity index is 1.30. The van der Waals surface area contributed by atoms with E-state index >= 15 is 0 Å². The first-order chi connectivity index (χ1) is 30.7. The molecule has 342 valence electrons. The maximum Gasteiger partial charge on any atom is 0.407 e. The molecular formula is C47H56ClN5O11. The van der Waals surface area contributed by atoms with Crippen LogP contribution in [0.15, 0.2) is 84.9 Å². The van der Waals surface area contributed by atoms with Crippen LogP contribution in [0.3, 0.4) is 0 Å². The van der Waals surface area contributed by atoms with Gasteiger partial charge in [-0.2, -0.15) is 0 Å². The van der Waals surface area contributed by atoms with Crippen molar-refractivity contribution in [3.63, 3.8) is 0 Å². The van der Waals surface area contributed by atoms with E-state index < -0.39 is 78.3 Å². The van der Waals surface area contributed by atoms with E-state index in [1.54, 1.807) is 85.8 Å². The van der Waals surface area contributed by atoms with Gasteiger partial charge in [-0.1, -0.05) is 131 Å². The van der Waals surface area contributed by atoms with Crippen molar-refractivity contribution in [2.45, 2.75) is 103 Å². The number of nitrogens with zero attached hydrogens (tertiary/aromatic N) is 2. The maximum atomic E-state index is 14.6. The number of ketones is 1. The average Bonchev–Trinajstić information content (AvgIpc) is 3.63. The second-order valence-electron chi connectivity index (χ2n) is 16.3. The molecule has 3 N–H and O–H groups in total. The lowest BCUT2D eigenvalue weighted by atomic mass is 9.83. The van der Waals surface area contributed by atoms with Crippen molar-refractivity contribution >= 4 is 59.2 Å². The topological polar surface area (TPSA) is 207 Å². The molecule has 1 heterocycles. The van der Waals surface area contributed by atoms with Crippen LogP contribution in [0.5, 0.6) is 0 Å². The molecular weight excluding hydrogens is 846 g/mol. The lowest BCUT2D eigenvalue weighted by Crippen LogP contribution is -2.59. The number of ether oxygens (including phenoxy) is 3. The Morgan fingerprint density at radius 3 is 2.11 bits per heavy atom. The van der Waals surface area contributed by atoms with Crippen LogP contribution in [0.4, 0.5) is 9.59 Å². The van der Waals surface area contributed by atoms with Crippen LogP contribution >= 0.6 is 11.6 Å². The molecule has 0 bridgehead atoms. The van der Waals surface area contributed by atoms with Crippen LogP contribution in [0.2, 0.25) is 5.02 Å². The number of halogens is 1. The number of benzene rings is 3. The molecule has 1 aliphatic carbocycles. The maximum absolute atomic E-state index is 14.6. The summed E-state index contributed by atoms with van der Waals surface area (Å²) < 4.78 is 16.2. The molecule has 1 saturated heterocycles. The molecule has 16 nitrogen and oxygen atoms in total. The third-order valence-electron chi connectivity index (χ3n) is 10.8. The van der Waals surface area contributed by atoms with Crippen LogP contribution < -0.4 is 16.0 Å². The Kier molecular flexibility index (Phi) is 18.2. The predicted octanol–water partition coefficient (Wildman–Crippen LogP) is 5.80. The van der Waals surface area contributed by atoms with Gasteiger partial charge in [0.1, 0.15) is 25.2 Å². The minimum atomic E-state index is -1.48. The molecule has 64 heavy (non-hydrogen) atoms. The number of Topliss-reactive ketones (excluding diaryl/α,β-unsaturated/α-hetero) is 1. The molecule has 6 amide bonds. The molecule has 2 fully saturated rings. The summed E-state index contributed by atoms with van der Waals surface area (Å²) in [7, 11) is 0. The van der Waals surface area contributed by atoms with Crippen LogP contribution in [0, 0.1) is 11.8 Å². The summed E-state index contributed by atoms with van der Waals surface area (Å²) in [5, 5.41) is 7.97. The first kappa shape index (κ1) is 48.7. The third kappa shape index (κ3) is 13.9. The van der Waals surface area contributed by atoms with Crippen LogP contribution in [-0.4, -0.2) is 95.2 Å². The Morgan fingerprint density at radius 1 is 0.812 bits per heavy atom. The van der Waals surface area contributed by atoms with Gasteiger partial charge in [0.05, 0.1) is 19.2 Å². The van der Waals surface area contributed by atoms with Gasteiger partial charge in [-0.25, -0.2) is 19.3 Å². The largest absolute Gasteiger partial charge is 0.458 e. The Morgan fingerprint density at radius 2 is 1.47 bits per heavy atom. The van der Waals surface area contributed by atoms with Gasteiger partial charge in [0.2, 0.25) is 17.8 Å². The highest BCUT2D eigenvalue weighted by Gasteiger charge is 2.49. The van der Waals surface area contributed by atoms with Gasteiger partial charge in [-0.15, -0.1) is 0 Å². The van der Waals surface area contributed by atoms with Gasteiger partial charge < -0.3 is 35.1 Å². The number of hydrogen-bond donors (Lipinski definition) is 3. The van der Waals surface area contributed by atoms with Gasteiger partial charge in [0.25, 0.3) is 11.8 Å². The number of urea groups is 1. The second-order valence-corrected chi connectivity index (χ2v) is 16.7. The molecule has 1 saturated carbocycles. The summed E-state index contributed by atoms with van der Waals surface area (Å²) in [6.07, 6.45) is 1.74. The summed E-state index contributed by atoms with van der Waals surface area (Å²) in [4.78, 5) is 111. The normalized spacial score (nSPS) is 16.6. The van der Waals surface area contributed by atoms with Crippen LogP contribution in [0.1, 0.15) is 88.5 Å². The highest BCUT2D eigenvalue weighted by molar-refractivity contribution is 6.38. The van der Waals surface area contributed by atoms with Crippen LogP contribution in [0.25, 0.3) is 0 Å². The van der Waals surface area contributed by atoms with Crippen molar-refractivity contribution in [1.29, 1.82) is 0 Å². The molecule has 1 aliphatic heterocycles. The van der Waals surface area contributed by atoms with E-state index in [9.17, 15) is 38.4 Å². The summed E-state index contributed by atoms with van der Waals surface area (Å²) >= 11 is 6.09. The number of amides is 6. The van der Waals surface area contributed by atoms with E-state index in [0.717, 1.165) is 24.2 Å². The highest BCUT2D eigenvalue weighted by atomic mass is 35.5. The molecule has 4 atom stereocenters. The van der Waals surface area contributed by atoms with Crippen molar-refractivity contribution in [2.24, 2.45) is 11.8 Å². The third-order valence-corrected chi connectivity index (χ3v) is 11.1. The van der Waals surface area contributed by atoms with Crippen molar-refractivity contribution in [1.82, 2.24) is 25.8 Å². The van der Waals surface area contributed by atoms with Gasteiger partial charge in [-0.05, 0) is 54.4 Å². The Bertz CT molecular complexity index is 2100. The monoisotopic (exact) mass is 901 g/mol. The highest BCUT2D eigenvalue weighted by Crippen LogP contribution is 2.30. The molecule has 0 aromatic heterocycles. The minimum Gasteiger partial charge on any atom is -0.458 e. The molecule has 5 rings (SSSR count). The predicted molar refractivity (Wildman–Crippen MR) is 234 cm³/mol. The summed E-state index contributed by atoms with van der Waals surface area (Å²) in [6.45, 7) is 4.40. The standard InChI is InChI=1S/C47H56ClN5O11/c1-4-14-36(40(55)43(57)49-25-38(54)64-41(34-19-12-7-13-20-34)45(59)62-29-32-15-8-5-9-16-32)50-42(56)37-27-52(26-31-21-23-35(48)24-22-31)47(61)53(37)44(58)39(33-17-10-6-11-18-33)51-46(60)63-28-30(2)3/h5,7-9,12-13,15-16,19-24,30,33,36-37,39,41H,4,6,10-11,14,17-18,25-29H2,1-3H3,(H,49,57)(H,50,56)(H,51,60)/t36?,37?,39?,41-/m0/s1. The van der Waals surface area contributed by atoms with Crippen molar-refractivity contribution in [3.8, 4) is 0 Å². The van der Waals surface area contributed by atoms with E-state index in [4.69, 9.17) is 25.8 Å². The number of nitrogens with one attached hydrogen (secondary N) is 3. The van der Waals surface area contributed by atoms with Crippen molar-refractivity contribution in [2.75, 3.05) is 19.7 Å². The van der Waals surface area contributed by atoms with Crippen LogP contribution in [-0.2, 0) is 56.1 Å². The lowest BCUT2D eigenvalue weighted by Gasteiger charge is -2.33. The van der Waals surface area contributed by atoms with Gasteiger partial charge in [0, 0.05) is 17.1 Å². The minimum absolute atomic E-state index is 0.00716. The van der Waals surface area contributed by atoms with E-state index in [1.807, 2.05) is 19.9 Å². The Hall–Kier alpha value is -6.29. The number of rotatable bonds is 20. The smallest absolute Gasteiger partial charge is 0.407 e. The fourth-order valence-electron chi connectivity index (χ4n) is 7.53. The zero-order valence-corrected chi connectivity index (χ0v) is 37.1. The number of carbonyl (C=O) groups is 8. The Labute approximate surface area is 377 Å². The molecule has 0 radical (unpaired) electrons. The fourth-order valence-corrected chi connectivity index (χ4v) is 7.66. The molecule has 3 unspecified atom stereocenters. The lowest BCUT2D eigenvalue weighted by molar-refractivity contribution is -0.169. The summed E-state index contributed by atoms with van der Waals surface area (Å²) in [6, 6.07) is 18.9. The first-order valence-electron chi connectivity index (χ1n) is 21.6. The van der Waals surface area contributed by atoms with E-state index in [-0.39, 0.29) is 44.6 Å². The van der Waals surface area contributed by atoms with E-state index in [2.05, 4.69) is 16.0 Å². The molecule has 0 spiro atoms. The SMILES string of the molecule is CCCC(NC(=O)C1CN(Cc2ccc(Cl)cc2)C(=O)N1C(=O)C(NC(=O)OCC(C)C)C1CCCCC1)C(=O)C(=O)NCC(=O)O[C@H](C(=O)OCc1ccccc1)c1ccccc1. The number of carbonyl (C=O) groups excluding carboxylic acids is 8. The summed E-state index contributed by atoms with van der Waals surface area (Å²) in [5.74, 6) is -6.23. The number of esters is 2. The number of imide groups is 1. The number of alkyl carbamates (subject to hydrolysis) is 1. The number of hydrogen-bond acceptors (Lipinski definition) is 11. The van der Waals surface area contributed by atoms with E-state index in [0.29, 0.717) is 41.0 Å². The molecule has 17 heteroatoms. The second kappa shape index (κ2) is 24.0. The summed E-state index contributed by atoms with van der Waals surface area (Å²) in [5.41, 5.74) is 1.69. The molecule has 2 aliphatic rings. The molecule has 3 aromatic carbocycles. The fraction of sp³-hybridized carbons (Fsp3) is 0.447. The van der Waals surface area contributed by atoms with Gasteiger partial charge in [-0.3, -0.25) is 24.0 Å². The van der Waals surface area contributed by atoms with E-state index in [1.165, 1.54) is 4.90 Å². The molecule has 3 aromatic rings. The average molecular weight is 902 g/mol. The first-order valence-corrected chi connectivity index (χ1v) is 22.0.